The third-order valence-electron chi connectivity index (χ3n) is 4.11. The predicted octanol–water partition coefficient (Wildman–Crippen LogP) is 2.19. The van der Waals surface area contributed by atoms with Gasteiger partial charge in [0.15, 0.2) is 0 Å². The van der Waals surface area contributed by atoms with Crippen molar-refractivity contribution >= 4 is 5.69 Å². The van der Waals surface area contributed by atoms with Crippen LogP contribution < -0.4 is 4.90 Å². The first-order valence-corrected chi connectivity index (χ1v) is 7.48. The highest BCUT2D eigenvalue weighted by atomic mass is 16.5. The van der Waals surface area contributed by atoms with Gasteiger partial charge < -0.3 is 14.5 Å². The maximum absolute atomic E-state index is 5.88. The zero-order valence-electron chi connectivity index (χ0n) is 13.2. The fourth-order valence-electron chi connectivity index (χ4n) is 3.07. The maximum atomic E-state index is 5.88. The number of ether oxygens (including phenoxy) is 1. The normalized spacial score (nSPS) is 23.4. The minimum absolute atomic E-state index is 0.0643. The van der Waals surface area contributed by atoms with Crippen molar-refractivity contribution in [3.05, 3.63) is 24.0 Å². The van der Waals surface area contributed by atoms with Crippen molar-refractivity contribution in [2.24, 2.45) is 0 Å². The number of aryl methyl sites for hydroxylation is 1. The zero-order valence-corrected chi connectivity index (χ0v) is 13.2. The molecule has 0 bridgehead atoms. The number of hydrogen-bond acceptors (Lipinski definition) is 4. The van der Waals surface area contributed by atoms with Crippen LogP contribution in [0.1, 0.15) is 25.5 Å². The van der Waals surface area contributed by atoms with Gasteiger partial charge in [-0.3, -0.25) is 4.98 Å². The van der Waals surface area contributed by atoms with Gasteiger partial charge in [0, 0.05) is 32.4 Å². The number of nitrogens with zero attached hydrogens (tertiary/aromatic N) is 3. The van der Waals surface area contributed by atoms with E-state index >= 15 is 0 Å². The van der Waals surface area contributed by atoms with E-state index in [9.17, 15) is 0 Å². The number of hydrogen-bond donors (Lipinski definition) is 0. The Morgan fingerprint density at radius 2 is 2.20 bits per heavy atom. The molecule has 1 fully saturated rings. The van der Waals surface area contributed by atoms with Gasteiger partial charge in [0.2, 0.25) is 0 Å². The van der Waals surface area contributed by atoms with Crippen molar-refractivity contribution in [3.8, 4) is 0 Å². The molecule has 1 aliphatic rings. The molecule has 1 saturated heterocycles. The van der Waals surface area contributed by atoms with E-state index < -0.39 is 0 Å². The molecule has 2 heterocycles. The van der Waals surface area contributed by atoms with E-state index in [0.717, 1.165) is 44.6 Å². The molecular weight excluding hydrogens is 250 g/mol. The molecule has 4 heteroatoms. The summed E-state index contributed by atoms with van der Waals surface area (Å²) in [5, 5.41) is 0. The Morgan fingerprint density at radius 1 is 1.40 bits per heavy atom. The minimum atomic E-state index is -0.0643. The SMILES string of the molecule is CCc1ccc(N2CCCC(CN(C)C)(OC)C2)cn1. The fraction of sp³-hybridized carbons (Fsp3) is 0.688. The van der Waals surface area contributed by atoms with Gasteiger partial charge in [-0.25, -0.2) is 0 Å². The molecule has 0 amide bonds. The molecule has 0 spiro atoms. The van der Waals surface area contributed by atoms with Crippen LogP contribution >= 0.6 is 0 Å². The van der Waals surface area contributed by atoms with Gasteiger partial charge in [-0.05, 0) is 45.5 Å². The van der Waals surface area contributed by atoms with E-state index in [1.54, 1.807) is 0 Å². The van der Waals surface area contributed by atoms with Crippen molar-refractivity contribution in [1.29, 1.82) is 0 Å². The Bertz CT molecular complexity index is 418. The van der Waals surface area contributed by atoms with Crippen LogP contribution in [-0.4, -0.2) is 56.3 Å². The second-order valence-electron chi connectivity index (χ2n) is 6.01. The summed E-state index contributed by atoms with van der Waals surface area (Å²) < 4.78 is 5.88. The van der Waals surface area contributed by atoms with E-state index in [4.69, 9.17) is 4.74 Å². The smallest absolute Gasteiger partial charge is 0.0979 e. The topological polar surface area (TPSA) is 28.6 Å². The van der Waals surface area contributed by atoms with Gasteiger partial charge in [-0.1, -0.05) is 6.92 Å². The Hall–Kier alpha value is -1.13. The number of aromatic nitrogens is 1. The average molecular weight is 277 g/mol. The van der Waals surface area contributed by atoms with Gasteiger partial charge in [-0.2, -0.15) is 0 Å². The van der Waals surface area contributed by atoms with Crippen LogP contribution in [0.2, 0.25) is 0 Å². The van der Waals surface area contributed by atoms with Gasteiger partial charge in [-0.15, -0.1) is 0 Å². The second-order valence-corrected chi connectivity index (χ2v) is 6.01. The highest BCUT2D eigenvalue weighted by molar-refractivity contribution is 5.45. The first kappa shape index (κ1) is 15.3. The molecule has 1 aromatic heterocycles. The standard InChI is InChI=1S/C16H27N3O/c1-5-14-7-8-15(11-17-14)19-10-6-9-16(13-19,20-4)12-18(2)3/h7-8,11H,5-6,9-10,12-13H2,1-4H3. The number of anilines is 1. The zero-order chi connectivity index (χ0) is 14.6. The third-order valence-corrected chi connectivity index (χ3v) is 4.11. The van der Waals surface area contributed by atoms with E-state index in [0.29, 0.717) is 0 Å². The molecule has 1 aliphatic heterocycles. The van der Waals surface area contributed by atoms with E-state index in [-0.39, 0.29) is 5.60 Å². The van der Waals surface area contributed by atoms with Crippen molar-refractivity contribution < 1.29 is 4.74 Å². The van der Waals surface area contributed by atoms with Crippen LogP contribution in [0.4, 0.5) is 5.69 Å². The quantitative estimate of drug-likeness (QED) is 0.825. The summed E-state index contributed by atoms with van der Waals surface area (Å²) in [4.78, 5) is 9.13. The summed E-state index contributed by atoms with van der Waals surface area (Å²) >= 11 is 0. The molecule has 4 nitrogen and oxygen atoms in total. The van der Waals surface area contributed by atoms with Crippen LogP contribution in [-0.2, 0) is 11.2 Å². The van der Waals surface area contributed by atoms with Crippen molar-refractivity contribution in [1.82, 2.24) is 9.88 Å². The van der Waals surface area contributed by atoms with Gasteiger partial charge in [0.05, 0.1) is 17.5 Å². The highest BCUT2D eigenvalue weighted by Gasteiger charge is 2.36. The van der Waals surface area contributed by atoms with Gasteiger partial charge in [0.1, 0.15) is 0 Å². The number of methoxy groups -OCH3 is 1. The molecule has 0 aliphatic carbocycles. The lowest BCUT2D eigenvalue weighted by molar-refractivity contribution is -0.0372. The van der Waals surface area contributed by atoms with Crippen LogP contribution in [0.3, 0.4) is 0 Å². The number of rotatable bonds is 5. The Balaban J connectivity index is 2.12. The number of piperidine rings is 1. The minimum Gasteiger partial charge on any atom is -0.375 e. The van der Waals surface area contributed by atoms with Crippen LogP contribution in [0.5, 0.6) is 0 Å². The lowest BCUT2D eigenvalue weighted by atomic mass is 9.91. The molecule has 0 radical (unpaired) electrons. The van der Waals surface area contributed by atoms with Crippen molar-refractivity contribution in [3.63, 3.8) is 0 Å². The molecular formula is C16H27N3O. The number of likely N-dealkylation sites (N-methyl/N-ethyl adjacent to an activating group) is 1. The van der Waals surface area contributed by atoms with Gasteiger partial charge in [0.25, 0.3) is 0 Å². The van der Waals surface area contributed by atoms with Crippen LogP contribution in [0.15, 0.2) is 18.3 Å². The Labute approximate surface area is 122 Å². The molecule has 2 rings (SSSR count). The van der Waals surface area contributed by atoms with E-state index in [2.05, 4.69) is 47.9 Å². The number of pyridine rings is 1. The molecule has 112 valence electrons. The summed E-state index contributed by atoms with van der Waals surface area (Å²) in [5.41, 5.74) is 2.30. The molecule has 1 aromatic rings. The van der Waals surface area contributed by atoms with Crippen LogP contribution in [0.25, 0.3) is 0 Å². The average Bonchev–Trinajstić information content (AvgIpc) is 2.47. The molecule has 0 N–H and O–H groups in total. The van der Waals surface area contributed by atoms with E-state index in [1.807, 2.05) is 13.3 Å². The predicted molar refractivity (Wildman–Crippen MR) is 83.4 cm³/mol. The van der Waals surface area contributed by atoms with Crippen molar-refractivity contribution in [2.45, 2.75) is 31.8 Å². The fourth-order valence-corrected chi connectivity index (χ4v) is 3.07. The lowest BCUT2D eigenvalue weighted by Gasteiger charge is -2.44. The second kappa shape index (κ2) is 6.55. The molecule has 0 aromatic carbocycles. The molecule has 0 saturated carbocycles. The highest BCUT2D eigenvalue weighted by Crippen LogP contribution is 2.28. The maximum Gasteiger partial charge on any atom is 0.0979 e. The third kappa shape index (κ3) is 3.49. The summed E-state index contributed by atoms with van der Waals surface area (Å²) in [5.74, 6) is 0. The molecule has 1 atom stereocenters. The summed E-state index contributed by atoms with van der Waals surface area (Å²) in [7, 11) is 6.06. The summed E-state index contributed by atoms with van der Waals surface area (Å²) in [6.45, 7) is 5.12. The summed E-state index contributed by atoms with van der Waals surface area (Å²) in [6.07, 6.45) is 5.28. The monoisotopic (exact) mass is 277 g/mol. The molecule has 20 heavy (non-hydrogen) atoms. The van der Waals surface area contributed by atoms with E-state index in [1.165, 1.54) is 5.69 Å². The summed E-state index contributed by atoms with van der Waals surface area (Å²) in [6, 6.07) is 4.32. The van der Waals surface area contributed by atoms with Crippen molar-refractivity contribution in [2.75, 3.05) is 45.7 Å². The Morgan fingerprint density at radius 3 is 2.75 bits per heavy atom. The first-order chi connectivity index (χ1) is 9.58. The molecule has 1 unspecified atom stereocenters. The largest absolute Gasteiger partial charge is 0.375 e. The Kier molecular flexibility index (Phi) is 5.00. The lowest BCUT2D eigenvalue weighted by Crippen LogP contribution is -2.54. The van der Waals surface area contributed by atoms with Crippen LogP contribution in [0, 0.1) is 0 Å². The van der Waals surface area contributed by atoms with Gasteiger partial charge >= 0.3 is 0 Å². The first-order valence-electron chi connectivity index (χ1n) is 7.48.